The third kappa shape index (κ3) is 4.16. The van der Waals surface area contributed by atoms with Crippen molar-refractivity contribution in [2.24, 2.45) is 0 Å². The van der Waals surface area contributed by atoms with Gasteiger partial charge in [-0.3, -0.25) is 4.79 Å². The van der Waals surface area contributed by atoms with Crippen molar-refractivity contribution in [1.82, 2.24) is 0 Å². The van der Waals surface area contributed by atoms with Crippen molar-refractivity contribution in [3.63, 3.8) is 0 Å². The van der Waals surface area contributed by atoms with Crippen LogP contribution in [0.15, 0.2) is 36.4 Å². The van der Waals surface area contributed by atoms with Gasteiger partial charge >= 0.3 is 0 Å². The van der Waals surface area contributed by atoms with Crippen molar-refractivity contribution in [2.75, 3.05) is 5.32 Å². The highest BCUT2D eigenvalue weighted by molar-refractivity contribution is 6.34. The number of anilines is 1. The molecular formula is C15H11Cl2F2NO2. The SMILES string of the molecule is O=C(CC(O)c1cc(Cl)cc(Cl)c1)Nc1c(F)cccc1F. The van der Waals surface area contributed by atoms with Gasteiger partial charge in [-0.25, -0.2) is 8.78 Å². The lowest BCUT2D eigenvalue weighted by Gasteiger charge is -2.13. The maximum atomic E-state index is 13.4. The van der Waals surface area contributed by atoms with Crippen LogP contribution < -0.4 is 5.32 Å². The predicted molar refractivity (Wildman–Crippen MR) is 81.0 cm³/mol. The molecule has 0 radical (unpaired) electrons. The number of carbonyl (C=O) groups excluding carboxylic acids is 1. The number of benzene rings is 2. The molecule has 0 aromatic heterocycles. The van der Waals surface area contributed by atoms with Crippen molar-refractivity contribution >= 4 is 34.8 Å². The summed E-state index contributed by atoms with van der Waals surface area (Å²) in [6, 6.07) is 7.61. The monoisotopic (exact) mass is 345 g/mol. The summed E-state index contributed by atoms with van der Waals surface area (Å²) in [4.78, 5) is 11.8. The Morgan fingerprint density at radius 1 is 1.14 bits per heavy atom. The van der Waals surface area contributed by atoms with Gasteiger partial charge < -0.3 is 10.4 Å². The maximum absolute atomic E-state index is 13.4. The van der Waals surface area contributed by atoms with Crippen LogP contribution in [0, 0.1) is 11.6 Å². The molecule has 2 rings (SSSR count). The van der Waals surface area contributed by atoms with E-state index in [4.69, 9.17) is 23.2 Å². The first-order valence-corrected chi connectivity index (χ1v) is 7.00. The summed E-state index contributed by atoms with van der Waals surface area (Å²) in [5.41, 5.74) is -0.217. The first kappa shape index (κ1) is 16.7. The van der Waals surface area contributed by atoms with Crippen LogP contribution in [0.2, 0.25) is 10.0 Å². The van der Waals surface area contributed by atoms with Crippen molar-refractivity contribution < 1.29 is 18.7 Å². The number of hydrogen-bond donors (Lipinski definition) is 2. The third-order valence-electron chi connectivity index (χ3n) is 2.88. The van der Waals surface area contributed by atoms with Crippen LogP contribution in [0.1, 0.15) is 18.1 Å². The first-order valence-electron chi connectivity index (χ1n) is 6.24. The number of amides is 1. The molecule has 0 aliphatic heterocycles. The number of hydrogen-bond acceptors (Lipinski definition) is 2. The fourth-order valence-electron chi connectivity index (χ4n) is 1.87. The lowest BCUT2D eigenvalue weighted by molar-refractivity contribution is -0.118. The van der Waals surface area contributed by atoms with Gasteiger partial charge in [-0.15, -0.1) is 0 Å². The van der Waals surface area contributed by atoms with E-state index in [1.165, 1.54) is 24.3 Å². The molecule has 0 saturated heterocycles. The number of rotatable bonds is 4. The van der Waals surface area contributed by atoms with E-state index in [2.05, 4.69) is 5.32 Å². The molecule has 2 aromatic carbocycles. The summed E-state index contributed by atoms with van der Waals surface area (Å²) in [6.45, 7) is 0. The fourth-order valence-corrected chi connectivity index (χ4v) is 2.41. The topological polar surface area (TPSA) is 49.3 Å². The van der Waals surface area contributed by atoms with E-state index in [1.807, 2.05) is 0 Å². The highest BCUT2D eigenvalue weighted by Gasteiger charge is 2.17. The Kier molecular flexibility index (Phi) is 5.34. The average Bonchev–Trinajstić information content (AvgIpc) is 2.42. The van der Waals surface area contributed by atoms with Gasteiger partial charge in [-0.05, 0) is 35.9 Å². The van der Waals surface area contributed by atoms with E-state index < -0.39 is 35.8 Å². The summed E-state index contributed by atoms with van der Waals surface area (Å²) in [7, 11) is 0. The molecule has 0 heterocycles. The molecule has 0 saturated carbocycles. The molecule has 3 nitrogen and oxygen atoms in total. The van der Waals surface area contributed by atoms with E-state index in [-0.39, 0.29) is 0 Å². The molecule has 1 unspecified atom stereocenters. The second kappa shape index (κ2) is 7.05. The molecule has 1 amide bonds. The minimum Gasteiger partial charge on any atom is -0.388 e. The largest absolute Gasteiger partial charge is 0.388 e. The van der Waals surface area contributed by atoms with Gasteiger partial charge in [0.05, 0.1) is 12.5 Å². The summed E-state index contributed by atoms with van der Waals surface area (Å²) in [6.07, 6.45) is -1.60. The van der Waals surface area contributed by atoms with Gasteiger partial charge in [0.2, 0.25) is 5.91 Å². The Hall–Kier alpha value is -1.69. The number of aliphatic hydroxyl groups excluding tert-OH is 1. The summed E-state index contributed by atoms with van der Waals surface area (Å²) in [5.74, 6) is -2.53. The normalized spacial score (nSPS) is 12.0. The molecule has 0 spiro atoms. The molecule has 2 N–H and O–H groups in total. The highest BCUT2D eigenvalue weighted by Crippen LogP contribution is 2.26. The summed E-state index contributed by atoms with van der Waals surface area (Å²) >= 11 is 11.6. The second-order valence-corrected chi connectivity index (χ2v) is 5.44. The van der Waals surface area contributed by atoms with Gasteiger partial charge in [-0.1, -0.05) is 29.3 Å². The zero-order valence-electron chi connectivity index (χ0n) is 11.1. The van der Waals surface area contributed by atoms with E-state index >= 15 is 0 Å². The number of halogens is 4. The van der Waals surface area contributed by atoms with Crippen LogP contribution in [-0.2, 0) is 4.79 Å². The lowest BCUT2D eigenvalue weighted by atomic mass is 10.1. The molecule has 22 heavy (non-hydrogen) atoms. The zero-order chi connectivity index (χ0) is 16.3. The van der Waals surface area contributed by atoms with Crippen LogP contribution in [0.5, 0.6) is 0 Å². The van der Waals surface area contributed by atoms with Gasteiger partial charge in [0.15, 0.2) is 0 Å². The molecule has 116 valence electrons. The van der Waals surface area contributed by atoms with Crippen LogP contribution in [-0.4, -0.2) is 11.0 Å². The molecule has 0 aliphatic rings. The highest BCUT2D eigenvalue weighted by atomic mass is 35.5. The van der Waals surface area contributed by atoms with Crippen LogP contribution in [0.4, 0.5) is 14.5 Å². The first-order chi connectivity index (χ1) is 10.4. The number of nitrogens with one attached hydrogen (secondary N) is 1. The van der Waals surface area contributed by atoms with Crippen molar-refractivity contribution in [3.8, 4) is 0 Å². The molecular weight excluding hydrogens is 335 g/mol. The molecule has 2 aromatic rings. The van der Waals surface area contributed by atoms with Crippen LogP contribution >= 0.6 is 23.2 Å². The van der Waals surface area contributed by atoms with E-state index in [9.17, 15) is 18.7 Å². The lowest BCUT2D eigenvalue weighted by Crippen LogP contribution is -2.17. The Morgan fingerprint density at radius 3 is 2.23 bits per heavy atom. The fraction of sp³-hybridized carbons (Fsp3) is 0.133. The standard InChI is InChI=1S/C15H11Cl2F2NO2/c16-9-4-8(5-10(17)6-9)13(21)7-14(22)20-15-11(18)2-1-3-12(15)19/h1-6,13,21H,7H2,(H,20,22). The van der Waals surface area contributed by atoms with Gasteiger partial charge in [0, 0.05) is 10.0 Å². The van der Waals surface area contributed by atoms with Crippen molar-refractivity contribution in [1.29, 1.82) is 0 Å². The number of aliphatic hydroxyl groups is 1. The molecule has 7 heteroatoms. The Labute approximate surface area is 135 Å². The quantitative estimate of drug-likeness (QED) is 0.866. The second-order valence-electron chi connectivity index (χ2n) is 4.57. The van der Waals surface area contributed by atoms with E-state index in [0.29, 0.717) is 15.6 Å². The Bertz CT molecular complexity index is 669. The molecule has 0 bridgehead atoms. The Morgan fingerprint density at radius 2 is 1.68 bits per heavy atom. The molecule has 1 atom stereocenters. The van der Waals surface area contributed by atoms with Crippen molar-refractivity contribution in [3.05, 3.63) is 63.6 Å². The number of para-hydroxylation sites is 1. The molecule has 0 aliphatic carbocycles. The Balaban J connectivity index is 2.08. The predicted octanol–water partition coefficient (Wildman–Crippen LogP) is 4.33. The third-order valence-corrected chi connectivity index (χ3v) is 3.31. The van der Waals surface area contributed by atoms with E-state index in [1.54, 1.807) is 0 Å². The summed E-state index contributed by atoms with van der Waals surface area (Å²) in [5, 5.41) is 12.7. The molecule has 0 fully saturated rings. The van der Waals surface area contributed by atoms with Gasteiger partial charge in [0.25, 0.3) is 0 Å². The van der Waals surface area contributed by atoms with Gasteiger partial charge in [0.1, 0.15) is 17.3 Å². The smallest absolute Gasteiger partial charge is 0.227 e. The zero-order valence-corrected chi connectivity index (χ0v) is 12.6. The van der Waals surface area contributed by atoms with Crippen LogP contribution in [0.25, 0.3) is 0 Å². The van der Waals surface area contributed by atoms with Gasteiger partial charge in [-0.2, -0.15) is 0 Å². The van der Waals surface area contributed by atoms with Crippen molar-refractivity contribution in [2.45, 2.75) is 12.5 Å². The average molecular weight is 346 g/mol. The minimum absolute atomic E-state index is 0.308. The van der Waals surface area contributed by atoms with Crippen LogP contribution in [0.3, 0.4) is 0 Å². The minimum atomic E-state index is -1.20. The number of carbonyl (C=O) groups is 1. The summed E-state index contributed by atoms with van der Waals surface area (Å²) < 4.78 is 26.8. The maximum Gasteiger partial charge on any atom is 0.227 e. The van der Waals surface area contributed by atoms with E-state index in [0.717, 1.165) is 12.1 Å².